The van der Waals surface area contributed by atoms with Crippen molar-refractivity contribution >= 4 is 33.8 Å². The number of para-hydroxylation sites is 1. The molecular formula is C14H10N6O. The minimum Gasteiger partial charge on any atom is -0.339 e. The summed E-state index contributed by atoms with van der Waals surface area (Å²) in [7, 11) is 0. The summed E-state index contributed by atoms with van der Waals surface area (Å²) in [6.45, 7) is 0. The van der Waals surface area contributed by atoms with Crippen LogP contribution in [0.4, 0.5) is 11.8 Å². The Morgan fingerprint density at radius 2 is 1.95 bits per heavy atom. The van der Waals surface area contributed by atoms with Gasteiger partial charge in [0.25, 0.3) is 5.56 Å². The quantitative estimate of drug-likeness (QED) is 0.520. The van der Waals surface area contributed by atoms with E-state index in [2.05, 4.69) is 30.2 Å². The van der Waals surface area contributed by atoms with E-state index in [1.54, 1.807) is 0 Å². The topological polar surface area (TPSA) is 99.3 Å². The number of nitrogens with one attached hydrogen (secondary N) is 3. The van der Waals surface area contributed by atoms with E-state index in [1.807, 2.05) is 36.4 Å². The number of aromatic nitrogens is 5. The minimum atomic E-state index is -0.277. The van der Waals surface area contributed by atoms with Crippen LogP contribution in [0, 0.1) is 0 Å². The fraction of sp³-hybridized carbons (Fsp3) is 0. The molecule has 4 rings (SSSR count). The predicted molar refractivity (Wildman–Crippen MR) is 79.5 cm³/mol. The minimum absolute atomic E-state index is 0.277. The number of imidazole rings is 1. The molecule has 0 fully saturated rings. The van der Waals surface area contributed by atoms with Gasteiger partial charge in [-0.25, -0.2) is 9.97 Å². The van der Waals surface area contributed by atoms with Gasteiger partial charge in [-0.2, -0.15) is 4.98 Å². The third-order valence-corrected chi connectivity index (χ3v) is 3.14. The molecule has 0 saturated carbocycles. The van der Waals surface area contributed by atoms with E-state index < -0.39 is 0 Å². The molecule has 0 amide bonds. The number of fused-ring (bicyclic) bond motifs is 2. The van der Waals surface area contributed by atoms with Gasteiger partial charge in [0.1, 0.15) is 5.82 Å². The molecule has 3 heterocycles. The fourth-order valence-corrected chi connectivity index (χ4v) is 2.16. The monoisotopic (exact) mass is 278 g/mol. The van der Waals surface area contributed by atoms with Gasteiger partial charge in [-0.05, 0) is 18.2 Å². The molecule has 0 unspecified atom stereocenters. The Bertz CT molecular complexity index is 1000. The summed E-state index contributed by atoms with van der Waals surface area (Å²) in [5.74, 6) is 0.911. The smallest absolute Gasteiger partial charge is 0.278 e. The average molecular weight is 278 g/mol. The maximum absolute atomic E-state index is 11.8. The molecule has 0 saturated heterocycles. The maximum Gasteiger partial charge on any atom is 0.278 e. The number of benzene rings is 1. The Balaban J connectivity index is 1.76. The highest BCUT2D eigenvalue weighted by Gasteiger charge is 2.06. The average Bonchev–Trinajstić information content (AvgIpc) is 2.96. The largest absolute Gasteiger partial charge is 0.339 e. The predicted octanol–water partition coefficient (Wildman–Crippen LogP) is 1.94. The molecule has 0 aliphatic heterocycles. The van der Waals surface area contributed by atoms with Crippen molar-refractivity contribution in [2.24, 2.45) is 0 Å². The molecule has 0 bridgehead atoms. The number of H-pyrrole nitrogens is 2. The lowest BCUT2D eigenvalue weighted by Crippen LogP contribution is -2.11. The van der Waals surface area contributed by atoms with Crippen LogP contribution in [0.25, 0.3) is 22.1 Å². The maximum atomic E-state index is 11.8. The van der Waals surface area contributed by atoms with Crippen LogP contribution in [0.15, 0.2) is 47.5 Å². The van der Waals surface area contributed by atoms with Crippen molar-refractivity contribution in [3.63, 3.8) is 0 Å². The molecule has 7 heteroatoms. The highest BCUT2D eigenvalue weighted by Crippen LogP contribution is 2.16. The van der Waals surface area contributed by atoms with Gasteiger partial charge in [-0.3, -0.25) is 9.78 Å². The molecule has 7 nitrogen and oxygen atoms in total. The van der Waals surface area contributed by atoms with Crippen molar-refractivity contribution in [3.8, 4) is 0 Å². The summed E-state index contributed by atoms with van der Waals surface area (Å²) in [5.41, 5.74) is 1.31. The van der Waals surface area contributed by atoms with E-state index in [4.69, 9.17) is 0 Å². The van der Waals surface area contributed by atoms with Gasteiger partial charge in [-0.15, -0.1) is 0 Å². The van der Waals surface area contributed by atoms with Crippen LogP contribution in [0.1, 0.15) is 0 Å². The number of nitrogens with zero attached hydrogens (tertiary/aromatic N) is 3. The Morgan fingerprint density at radius 1 is 1.05 bits per heavy atom. The lowest BCUT2D eigenvalue weighted by molar-refractivity contribution is 1.14. The Kier molecular flexibility index (Phi) is 2.43. The number of anilines is 2. The SMILES string of the molecule is O=c1[nH]c(Nc2ccc3ccccc3n2)nc2nc[nH]c12. The first kappa shape index (κ1) is 11.6. The van der Waals surface area contributed by atoms with E-state index >= 15 is 0 Å². The van der Waals surface area contributed by atoms with E-state index in [1.165, 1.54) is 6.33 Å². The first-order valence-electron chi connectivity index (χ1n) is 6.36. The number of hydrogen-bond donors (Lipinski definition) is 3. The van der Waals surface area contributed by atoms with E-state index in [0.717, 1.165) is 10.9 Å². The number of pyridine rings is 1. The standard InChI is InChI=1S/C14H10N6O/c21-13-11-12(16-7-15-11)19-14(20-13)18-10-6-5-8-3-1-2-4-9(8)17-10/h1-7H,(H3,15,16,17,18,19,20,21). The van der Waals surface area contributed by atoms with Crippen molar-refractivity contribution < 1.29 is 0 Å². The van der Waals surface area contributed by atoms with Crippen LogP contribution in [0.2, 0.25) is 0 Å². The number of aromatic amines is 2. The van der Waals surface area contributed by atoms with Gasteiger partial charge in [0, 0.05) is 5.39 Å². The zero-order chi connectivity index (χ0) is 14.2. The van der Waals surface area contributed by atoms with Crippen LogP contribution in [0.3, 0.4) is 0 Å². The van der Waals surface area contributed by atoms with Crippen molar-refractivity contribution in [1.29, 1.82) is 0 Å². The molecule has 102 valence electrons. The molecular weight excluding hydrogens is 268 g/mol. The number of hydrogen-bond acceptors (Lipinski definition) is 5. The molecule has 0 spiro atoms. The third kappa shape index (κ3) is 2.00. The normalized spacial score (nSPS) is 11.0. The van der Waals surface area contributed by atoms with Crippen molar-refractivity contribution in [1.82, 2.24) is 24.9 Å². The van der Waals surface area contributed by atoms with Crippen LogP contribution in [-0.2, 0) is 0 Å². The molecule has 0 atom stereocenters. The number of rotatable bonds is 2. The molecule has 3 N–H and O–H groups in total. The van der Waals surface area contributed by atoms with Crippen LogP contribution in [-0.4, -0.2) is 24.9 Å². The van der Waals surface area contributed by atoms with E-state index in [9.17, 15) is 4.79 Å². The van der Waals surface area contributed by atoms with Gasteiger partial charge >= 0.3 is 0 Å². The third-order valence-electron chi connectivity index (χ3n) is 3.14. The molecule has 1 aromatic carbocycles. The molecule has 3 aromatic heterocycles. The van der Waals surface area contributed by atoms with Crippen LogP contribution in [0.5, 0.6) is 0 Å². The van der Waals surface area contributed by atoms with Crippen molar-refractivity contribution in [2.45, 2.75) is 0 Å². The van der Waals surface area contributed by atoms with Gasteiger partial charge in [0.2, 0.25) is 5.95 Å². The van der Waals surface area contributed by atoms with E-state index in [0.29, 0.717) is 22.9 Å². The Hall–Kier alpha value is -3.22. The van der Waals surface area contributed by atoms with Gasteiger partial charge in [0.15, 0.2) is 11.2 Å². The van der Waals surface area contributed by atoms with Gasteiger partial charge in [0.05, 0.1) is 11.8 Å². The van der Waals surface area contributed by atoms with Crippen molar-refractivity contribution in [2.75, 3.05) is 5.32 Å². The lowest BCUT2D eigenvalue weighted by Gasteiger charge is -2.05. The summed E-state index contributed by atoms with van der Waals surface area (Å²) in [6.07, 6.45) is 1.44. The molecule has 21 heavy (non-hydrogen) atoms. The van der Waals surface area contributed by atoms with Crippen LogP contribution >= 0.6 is 0 Å². The molecule has 0 aliphatic rings. The Labute approximate surface area is 118 Å². The highest BCUT2D eigenvalue weighted by atomic mass is 16.1. The summed E-state index contributed by atoms with van der Waals surface area (Å²) in [4.78, 5) is 29.9. The van der Waals surface area contributed by atoms with Crippen molar-refractivity contribution in [3.05, 3.63) is 53.1 Å². The summed E-state index contributed by atoms with van der Waals surface area (Å²) in [5, 5.41) is 4.04. The summed E-state index contributed by atoms with van der Waals surface area (Å²) < 4.78 is 0. The highest BCUT2D eigenvalue weighted by molar-refractivity contribution is 5.80. The first-order chi connectivity index (χ1) is 10.3. The molecule has 0 radical (unpaired) electrons. The van der Waals surface area contributed by atoms with E-state index in [-0.39, 0.29) is 5.56 Å². The second kappa shape index (κ2) is 4.41. The lowest BCUT2D eigenvalue weighted by atomic mass is 10.2. The zero-order valence-electron chi connectivity index (χ0n) is 10.8. The Morgan fingerprint density at radius 3 is 2.90 bits per heavy atom. The van der Waals surface area contributed by atoms with Crippen LogP contribution < -0.4 is 10.9 Å². The fourth-order valence-electron chi connectivity index (χ4n) is 2.16. The van der Waals surface area contributed by atoms with Gasteiger partial charge < -0.3 is 10.3 Å². The molecule has 4 aromatic rings. The first-order valence-corrected chi connectivity index (χ1v) is 6.36. The second-order valence-electron chi connectivity index (χ2n) is 4.53. The summed E-state index contributed by atoms with van der Waals surface area (Å²) >= 11 is 0. The zero-order valence-corrected chi connectivity index (χ0v) is 10.8. The van der Waals surface area contributed by atoms with Gasteiger partial charge in [-0.1, -0.05) is 18.2 Å². The molecule has 0 aliphatic carbocycles. The second-order valence-corrected chi connectivity index (χ2v) is 4.53. The summed E-state index contributed by atoms with van der Waals surface area (Å²) in [6, 6.07) is 11.6.